The predicted octanol–water partition coefficient (Wildman–Crippen LogP) is 3.56. The first kappa shape index (κ1) is 19.1. The molecule has 0 fully saturated rings. The molecule has 7 heteroatoms. The second kappa shape index (κ2) is 8.83. The van der Waals surface area contributed by atoms with Gasteiger partial charge in [-0.2, -0.15) is 0 Å². The van der Waals surface area contributed by atoms with E-state index in [2.05, 4.69) is 10.6 Å². The molecule has 3 amide bonds. The van der Waals surface area contributed by atoms with Gasteiger partial charge < -0.3 is 9.73 Å². The van der Waals surface area contributed by atoms with Gasteiger partial charge in [0, 0.05) is 16.8 Å². The molecule has 0 aliphatic rings. The molecule has 0 radical (unpaired) electrons. The quantitative estimate of drug-likeness (QED) is 0.652. The summed E-state index contributed by atoms with van der Waals surface area (Å²) >= 11 is 1.65. The SMILES string of the molecule is CC(c1cc2ccccc2o1)N(C)CC(=O)NC(=O)NCCc1cccs1. The third kappa shape index (κ3) is 5.18. The zero-order valence-electron chi connectivity index (χ0n) is 15.4. The van der Waals surface area contributed by atoms with Crippen LogP contribution in [0.4, 0.5) is 4.79 Å². The molecule has 2 heterocycles. The summed E-state index contributed by atoms with van der Waals surface area (Å²) in [7, 11) is 1.83. The molecule has 0 aliphatic carbocycles. The summed E-state index contributed by atoms with van der Waals surface area (Å²) in [5.74, 6) is 0.431. The molecule has 0 bridgehead atoms. The Balaban J connectivity index is 1.45. The first-order valence-electron chi connectivity index (χ1n) is 8.81. The number of para-hydroxylation sites is 1. The third-order valence-electron chi connectivity index (χ3n) is 4.40. The van der Waals surface area contributed by atoms with Crippen molar-refractivity contribution < 1.29 is 14.0 Å². The summed E-state index contributed by atoms with van der Waals surface area (Å²) in [6.07, 6.45) is 0.752. The maximum Gasteiger partial charge on any atom is 0.321 e. The van der Waals surface area contributed by atoms with E-state index >= 15 is 0 Å². The standard InChI is InChI=1S/C20H23N3O3S/c1-14(18-12-15-6-3-4-8-17(15)26-18)23(2)13-19(24)22-20(25)21-10-9-16-7-5-11-27-16/h3-8,11-12,14H,9-10,13H2,1-2H3,(H2,21,22,24,25). The number of fused-ring (bicyclic) bond motifs is 1. The van der Waals surface area contributed by atoms with Crippen LogP contribution in [-0.4, -0.2) is 37.0 Å². The molecule has 2 aromatic heterocycles. The fourth-order valence-electron chi connectivity index (χ4n) is 2.75. The smallest absolute Gasteiger partial charge is 0.321 e. The molecule has 0 saturated heterocycles. The number of carbonyl (C=O) groups is 2. The minimum Gasteiger partial charge on any atom is -0.459 e. The average molecular weight is 385 g/mol. The molecule has 0 saturated carbocycles. The molecule has 6 nitrogen and oxygen atoms in total. The molecule has 2 N–H and O–H groups in total. The number of nitrogens with zero attached hydrogens (tertiary/aromatic N) is 1. The van der Waals surface area contributed by atoms with Crippen molar-refractivity contribution in [1.82, 2.24) is 15.5 Å². The van der Waals surface area contributed by atoms with Crippen LogP contribution in [0.25, 0.3) is 11.0 Å². The largest absolute Gasteiger partial charge is 0.459 e. The summed E-state index contributed by atoms with van der Waals surface area (Å²) in [6, 6.07) is 13.2. The minimum atomic E-state index is -0.471. The zero-order chi connectivity index (χ0) is 19.2. The number of furan rings is 1. The van der Waals surface area contributed by atoms with Gasteiger partial charge in [0.1, 0.15) is 11.3 Å². The van der Waals surface area contributed by atoms with Crippen molar-refractivity contribution in [1.29, 1.82) is 0 Å². The van der Waals surface area contributed by atoms with E-state index < -0.39 is 6.03 Å². The molecule has 1 aromatic carbocycles. The number of hydrogen-bond donors (Lipinski definition) is 2. The molecule has 0 spiro atoms. The molecule has 27 heavy (non-hydrogen) atoms. The second-order valence-electron chi connectivity index (χ2n) is 6.41. The van der Waals surface area contributed by atoms with Crippen molar-refractivity contribution in [3.05, 3.63) is 58.5 Å². The van der Waals surface area contributed by atoms with E-state index in [4.69, 9.17) is 4.42 Å². The van der Waals surface area contributed by atoms with Gasteiger partial charge in [-0.15, -0.1) is 11.3 Å². The van der Waals surface area contributed by atoms with Crippen LogP contribution in [0.1, 0.15) is 23.6 Å². The van der Waals surface area contributed by atoms with Crippen molar-refractivity contribution in [2.75, 3.05) is 20.1 Å². The van der Waals surface area contributed by atoms with E-state index in [9.17, 15) is 9.59 Å². The lowest BCUT2D eigenvalue weighted by molar-refractivity contribution is -0.121. The number of imide groups is 1. The Bertz CT molecular complexity index is 871. The summed E-state index contributed by atoms with van der Waals surface area (Å²) in [6.45, 7) is 2.55. The van der Waals surface area contributed by atoms with Crippen LogP contribution < -0.4 is 10.6 Å². The number of carbonyl (C=O) groups excluding carboxylic acids is 2. The normalized spacial score (nSPS) is 12.3. The molecule has 142 valence electrons. The summed E-state index contributed by atoms with van der Waals surface area (Å²) in [5, 5.41) is 8.10. The maximum absolute atomic E-state index is 12.1. The summed E-state index contributed by atoms with van der Waals surface area (Å²) in [4.78, 5) is 27.0. The Morgan fingerprint density at radius 3 is 2.78 bits per heavy atom. The molecular weight excluding hydrogens is 362 g/mol. The maximum atomic E-state index is 12.1. The van der Waals surface area contributed by atoms with Gasteiger partial charge in [-0.05, 0) is 44.0 Å². The van der Waals surface area contributed by atoms with Crippen LogP contribution >= 0.6 is 11.3 Å². The Hall–Kier alpha value is -2.64. The monoisotopic (exact) mass is 385 g/mol. The minimum absolute atomic E-state index is 0.0926. The summed E-state index contributed by atoms with van der Waals surface area (Å²) < 4.78 is 5.85. The van der Waals surface area contributed by atoms with Gasteiger partial charge >= 0.3 is 6.03 Å². The average Bonchev–Trinajstić information content (AvgIpc) is 3.30. The molecule has 3 rings (SSSR count). The van der Waals surface area contributed by atoms with Gasteiger partial charge in [-0.25, -0.2) is 4.79 Å². The van der Waals surface area contributed by atoms with Gasteiger partial charge in [0.05, 0.1) is 12.6 Å². The lowest BCUT2D eigenvalue weighted by Gasteiger charge is -2.22. The lowest BCUT2D eigenvalue weighted by atomic mass is 10.2. The van der Waals surface area contributed by atoms with Crippen molar-refractivity contribution >= 4 is 34.2 Å². The lowest BCUT2D eigenvalue weighted by Crippen LogP contribution is -2.44. The van der Waals surface area contributed by atoms with Crippen LogP contribution in [0.5, 0.6) is 0 Å². The number of amides is 3. The fraction of sp³-hybridized carbons (Fsp3) is 0.300. The predicted molar refractivity (Wildman–Crippen MR) is 107 cm³/mol. The number of hydrogen-bond acceptors (Lipinski definition) is 5. The Kier molecular flexibility index (Phi) is 6.26. The fourth-order valence-corrected chi connectivity index (χ4v) is 3.46. The Morgan fingerprint density at radius 2 is 2.04 bits per heavy atom. The first-order chi connectivity index (χ1) is 13.0. The van der Waals surface area contributed by atoms with Crippen LogP contribution in [0.15, 0.2) is 52.3 Å². The number of benzene rings is 1. The van der Waals surface area contributed by atoms with Crippen molar-refractivity contribution in [3.8, 4) is 0 Å². The molecule has 1 unspecified atom stereocenters. The Labute approximate surface area is 162 Å². The highest BCUT2D eigenvalue weighted by molar-refractivity contribution is 7.09. The molecule has 0 aliphatic heterocycles. The van der Waals surface area contributed by atoms with Crippen LogP contribution in [0.2, 0.25) is 0 Å². The number of nitrogens with one attached hydrogen (secondary N) is 2. The van der Waals surface area contributed by atoms with Crippen molar-refractivity contribution in [2.24, 2.45) is 0 Å². The molecule has 1 atom stereocenters. The summed E-state index contributed by atoms with van der Waals surface area (Å²) in [5.41, 5.74) is 0.822. The van der Waals surface area contributed by atoms with Gasteiger partial charge in [-0.1, -0.05) is 24.3 Å². The van der Waals surface area contributed by atoms with Crippen LogP contribution in [0.3, 0.4) is 0 Å². The number of likely N-dealkylation sites (N-methyl/N-ethyl adjacent to an activating group) is 1. The van der Waals surface area contributed by atoms with Crippen LogP contribution in [-0.2, 0) is 11.2 Å². The van der Waals surface area contributed by atoms with E-state index in [1.807, 2.05) is 66.7 Å². The van der Waals surface area contributed by atoms with Gasteiger partial charge in [0.25, 0.3) is 0 Å². The van der Waals surface area contributed by atoms with Crippen molar-refractivity contribution in [2.45, 2.75) is 19.4 Å². The topological polar surface area (TPSA) is 74.6 Å². The number of rotatable bonds is 7. The van der Waals surface area contributed by atoms with E-state index in [0.717, 1.165) is 23.2 Å². The van der Waals surface area contributed by atoms with E-state index in [-0.39, 0.29) is 18.5 Å². The molecule has 3 aromatic rings. The number of urea groups is 1. The highest BCUT2D eigenvalue weighted by atomic mass is 32.1. The van der Waals surface area contributed by atoms with Crippen LogP contribution in [0, 0.1) is 0 Å². The third-order valence-corrected chi connectivity index (χ3v) is 5.34. The van der Waals surface area contributed by atoms with Crippen molar-refractivity contribution in [3.63, 3.8) is 0 Å². The van der Waals surface area contributed by atoms with Gasteiger partial charge in [0.15, 0.2) is 0 Å². The second-order valence-corrected chi connectivity index (χ2v) is 7.44. The van der Waals surface area contributed by atoms with Gasteiger partial charge in [-0.3, -0.25) is 15.0 Å². The van der Waals surface area contributed by atoms with E-state index in [1.54, 1.807) is 11.3 Å². The van der Waals surface area contributed by atoms with Gasteiger partial charge in [0.2, 0.25) is 5.91 Å². The molecular formula is C20H23N3O3S. The van der Waals surface area contributed by atoms with E-state index in [0.29, 0.717) is 6.54 Å². The number of thiophene rings is 1. The first-order valence-corrected chi connectivity index (χ1v) is 9.69. The highest BCUT2D eigenvalue weighted by Crippen LogP contribution is 2.26. The highest BCUT2D eigenvalue weighted by Gasteiger charge is 2.19. The Morgan fingerprint density at radius 1 is 1.22 bits per heavy atom. The van der Waals surface area contributed by atoms with E-state index in [1.165, 1.54) is 4.88 Å². The zero-order valence-corrected chi connectivity index (χ0v) is 16.2.